The largest absolute Gasteiger partial charge is 0.365 e. The zero-order valence-electron chi connectivity index (χ0n) is 7.25. The molecular weight excluding hydrogens is 142 g/mol. The van der Waals surface area contributed by atoms with Crippen molar-refractivity contribution in [2.75, 3.05) is 19.6 Å². The van der Waals surface area contributed by atoms with Gasteiger partial charge in [-0.15, -0.1) is 0 Å². The van der Waals surface area contributed by atoms with E-state index in [1.165, 1.54) is 0 Å². The number of rotatable bonds is 2. The fourth-order valence-electron chi connectivity index (χ4n) is 1.53. The zero-order chi connectivity index (χ0) is 8.48. The molecule has 66 valence electrons. The highest BCUT2D eigenvalue weighted by atomic mass is 16.5. The van der Waals surface area contributed by atoms with Crippen LogP contribution in [-0.2, 0) is 0 Å². The molecule has 0 aromatic heterocycles. The maximum absolute atomic E-state index is 9.19. The third kappa shape index (κ3) is 2.77. The molecule has 0 aromatic carbocycles. The number of β-amino-alcohol motifs (C(OH)–C–C–N with tert-alkyl or cyclic N) is 2. The Balaban J connectivity index is 2.31. The van der Waals surface area contributed by atoms with E-state index in [9.17, 15) is 10.2 Å². The summed E-state index contributed by atoms with van der Waals surface area (Å²) in [7, 11) is 0. The Hall–Kier alpha value is -0.120. The van der Waals surface area contributed by atoms with Gasteiger partial charge in [0.25, 0.3) is 0 Å². The third-order valence-electron chi connectivity index (χ3n) is 1.93. The van der Waals surface area contributed by atoms with Crippen molar-refractivity contribution in [3.63, 3.8) is 0 Å². The highest BCUT2D eigenvalue weighted by Gasteiger charge is 2.33. The van der Waals surface area contributed by atoms with Crippen LogP contribution in [0.2, 0.25) is 0 Å². The van der Waals surface area contributed by atoms with Crippen LogP contribution >= 0.6 is 0 Å². The van der Waals surface area contributed by atoms with E-state index < -0.39 is 5.79 Å². The van der Waals surface area contributed by atoms with Crippen molar-refractivity contribution >= 4 is 0 Å². The van der Waals surface area contributed by atoms with Gasteiger partial charge in [-0.3, -0.25) is 4.90 Å². The molecule has 1 rings (SSSR count). The summed E-state index contributed by atoms with van der Waals surface area (Å²) in [4.78, 5) is 2.09. The molecule has 1 heterocycles. The van der Waals surface area contributed by atoms with Gasteiger partial charge in [-0.1, -0.05) is 13.8 Å². The number of hydrogen-bond donors (Lipinski definition) is 2. The van der Waals surface area contributed by atoms with Crippen LogP contribution in [0.15, 0.2) is 0 Å². The predicted octanol–water partition coefficient (Wildman–Crippen LogP) is 0.0290. The Kier molecular flexibility index (Phi) is 2.52. The second-order valence-corrected chi connectivity index (χ2v) is 3.86. The van der Waals surface area contributed by atoms with E-state index in [-0.39, 0.29) is 0 Å². The van der Waals surface area contributed by atoms with Gasteiger partial charge < -0.3 is 10.2 Å². The average Bonchev–Trinajstić information content (AvgIpc) is 2.08. The van der Waals surface area contributed by atoms with Crippen molar-refractivity contribution in [3.8, 4) is 0 Å². The van der Waals surface area contributed by atoms with Crippen LogP contribution in [0.3, 0.4) is 0 Å². The van der Waals surface area contributed by atoms with E-state index in [1.54, 1.807) is 0 Å². The molecule has 0 atom stereocenters. The number of aliphatic hydroxyl groups is 2. The first-order chi connectivity index (χ1) is 4.99. The van der Waals surface area contributed by atoms with Crippen LogP contribution in [0.25, 0.3) is 0 Å². The lowest BCUT2D eigenvalue weighted by Crippen LogP contribution is -2.34. The maximum Gasteiger partial charge on any atom is 0.176 e. The van der Waals surface area contributed by atoms with Gasteiger partial charge in [0.1, 0.15) is 0 Å². The van der Waals surface area contributed by atoms with E-state index in [2.05, 4.69) is 18.7 Å². The standard InChI is InChI=1S/C8H17NO2/c1-7(2)5-9-4-3-8(10,11)6-9/h7,10-11H,3-6H2,1-2H3. The van der Waals surface area contributed by atoms with Gasteiger partial charge in [0.2, 0.25) is 0 Å². The van der Waals surface area contributed by atoms with Crippen molar-refractivity contribution in [2.45, 2.75) is 26.1 Å². The highest BCUT2D eigenvalue weighted by molar-refractivity contribution is 4.80. The lowest BCUT2D eigenvalue weighted by atomic mass is 10.2. The molecule has 0 aromatic rings. The molecule has 0 radical (unpaired) electrons. The molecule has 1 aliphatic rings. The van der Waals surface area contributed by atoms with Gasteiger partial charge in [0, 0.05) is 19.5 Å². The maximum atomic E-state index is 9.19. The van der Waals surface area contributed by atoms with E-state index in [0.29, 0.717) is 18.9 Å². The number of nitrogens with zero attached hydrogens (tertiary/aromatic N) is 1. The van der Waals surface area contributed by atoms with E-state index >= 15 is 0 Å². The molecule has 0 unspecified atom stereocenters. The summed E-state index contributed by atoms with van der Waals surface area (Å²) >= 11 is 0. The van der Waals surface area contributed by atoms with Crippen molar-refractivity contribution in [1.29, 1.82) is 0 Å². The van der Waals surface area contributed by atoms with Crippen LogP contribution in [0.4, 0.5) is 0 Å². The Morgan fingerprint density at radius 1 is 1.45 bits per heavy atom. The minimum absolute atomic E-state index is 0.408. The first-order valence-corrected chi connectivity index (χ1v) is 4.17. The molecular formula is C8H17NO2. The zero-order valence-corrected chi connectivity index (χ0v) is 7.25. The monoisotopic (exact) mass is 159 g/mol. The summed E-state index contributed by atoms with van der Waals surface area (Å²) in [6.45, 7) is 6.45. The molecule has 3 nitrogen and oxygen atoms in total. The summed E-state index contributed by atoms with van der Waals surface area (Å²) in [5.74, 6) is -0.821. The SMILES string of the molecule is CC(C)CN1CCC(O)(O)C1. The fraction of sp³-hybridized carbons (Fsp3) is 1.00. The van der Waals surface area contributed by atoms with Gasteiger partial charge in [-0.05, 0) is 5.92 Å². The first kappa shape index (κ1) is 8.97. The van der Waals surface area contributed by atoms with Crippen molar-refractivity contribution in [3.05, 3.63) is 0 Å². The van der Waals surface area contributed by atoms with Crippen molar-refractivity contribution in [1.82, 2.24) is 4.90 Å². The molecule has 0 bridgehead atoms. The third-order valence-corrected chi connectivity index (χ3v) is 1.93. The summed E-state index contributed by atoms with van der Waals surface area (Å²) in [6, 6.07) is 0. The predicted molar refractivity (Wildman–Crippen MR) is 43.1 cm³/mol. The smallest absolute Gasteiger partial charge is 0.176 e. The normalized spacial score (nSPS) is 24.8. The molecule has 0 saturated carbocycles. The molecule has 0 aliphatic carbocycles. The highest BCUT2D eigenvalue weighted by Crippen LogP contribution is 2.18. The lowest BCUT2D eigenvalue weighted by molar-refractivity contribution is -0.148. The van der Waals surface area contributed by atoms with Crippen LogP contribution < -0.4 is 0 Å². The van der Waals surface area contributed by atoms with Crippen LogP contribution in [-0.4, -0.2) is 40.5 Å². The van der Waals surface area contributed by atoms with Gasteiger partial charge in [-0.25, -0.2) is 0 Å². The molecule has 0 spiro atoms. The molecule has 3 heteroatoms. The molecule has 11 heavy (non-hydrogen) atoms. The van der Waals surface area contributed by atoms with E-state index in [4.69, 9.17) is 0 Å². The number of likely N-dealkylation sites (tertiary alicyclic amines) is 1. The Labute approximate surface area is 67.6 Å². The van der Waals surface area contributed by atoms with Crippen molar-refractivity contribution in [2.24, 2.45) is 5.92 Å². The van der Waals surface area contributed by atoms with Crippen LogP contribution in [0.1, 0.15) is 20.3 Å². The molecule has 1 aliphatic heterocycles. The molecule has 1 fully saturated rings. The molecule has 1 saturated heterocycles. The van der Waals surface area contributed by atoms with Crippen LogP contribution in [0, 0.1) is 5.92 Å². The average molecular weight is 159 g/mol. The second kappa shape index (κ2) is 3.09. The van der Waals surface area contributed by atoms with Gasteiger partial charge >= 0.3 is 0 Å². The minimum atomic E-state index is -1.42. The Morgan fingerprint density at radius 2 is 2.09 bits per heavy atom. The van der Waals surface area contributed by atoms with Crippen molar-refractivity contribution < 1.29 is 10.2 Å². The summed E-state index contributed by atoms with van der Waals surface area (Å²) < 4.78 is 0. The quantitative estimate of drug-likeness (QED) is 0.559. The fourth-order valence-corrected chi connectivity index (χ4v) is 1.53. The van der Waals surface area contributed by atoms with Crippen LogP contribution in [0.5, 0.6) is 0 Å². The topological polar surface area (TPSA) is 43.7 Å². The Bertz CT molecular complexity index is 134. The second-order valence-electron chi connectivity index (χ2n) is 3.86. The Morgan fingerprint density at radius 3 is 2.45 bits per heavy atom. The minimum Gasteiger partial charge on any atom is -0.365 e. The van der Waals surface area contributed by atoms with Gasteiger partial charge in [-0.2, -0.15) is 0 Å². The molecule has 2 N–H and O–H groups in total. The summed E-state index contributed by atoms with van der Waals surface area (Å²) in [5.41, 5.74) is 0. The number of hydrogen-bond acceptors (Lipinski definition) is 3. The van der Waals surface area contributed by atoms with Gasteiger partial charge in [0.05, 0.1) is 6.54 Å². The first-order valence-electron chi connectivity index (χ1n) is 4.17. The van der Waals surface area contributed by atoms with E-state index in [0.717, 1.165) is 13.1 Å². The van der Waals surface area contributed by atoms with E-state index in [1.807, 2.05) is 0 Å². The summed E-state index contributed by atoms with van der Waals surface area (Å²) in [5, 5.41) is 18.4. The molecule has 0 amide bonds. The lowest BCUT2D eigenvalue weighted by Gasteiger charge is -2.19. The summed E-state index contributed by atoms with van der Waals surface area (Å²) in [6.07, 6.45) is 0.486. The van der Waals surface area contributed by atoms with Gasteiger partial charge in [0.15, 0.2) is 5.79 Å².